The lowest BCUT2D eigenvalue weighted by molar-refractivity contribution is 0.394. The maximum Gasteiger partial charge on any atom is 0.123 e. The lowest BCUT2D eigenvalue weighted by atomic mass is 9.97. The highest BCUT2D eigenvalue weighted by Gasteiger charge is 2.08. The van der Waals surface area contributed by atoms with E-state index in [1.165, 1.54) is 6.08 Å². The van der Waals surface area contributed by atoms with Crippen molar-refractivity contribution >= 4 is 5.57 Å². The molecular weight excluding hydrogens is 250 g/mol. The fraction of sp³-hybridized carbons (Fsp3) is 0.118. The lowest BCUT2D eigenvalue weighted by Crippen LogP contribution is -1.93. The van der Waals surface area contributed by atoms with E-state index in [9.17, 15) is 0 Å². The molecule has 0 bridgehead atoms. The topological polar surface area (TPSA) is 42.2 Å². The Labute approximate surface area is 118 Å². The number of hydrogen-bond donors (Lipinski definition) is 0. The van der Waals surface area contributed by atoms with Crippen LogP contribution in [0.4, 0.5) is 0 Å². The first-order valence-electron chi connectivity index (χ1n) is 6.17. The van der Waals surface area contributed by atoms with Crippen LogP contribution in [0.3, 0.4) is 0 Å². The normalized spacial score (nSPS) is 10.8. The summed E-state index contributed by atoms with van der Waals surface area (Å²) in [5, 5.41) is 9.02. The summed E-state index contributed by atoms with van der Waals surface area (Å²) in [5.74, 6) is 1.39. The average molecular weight is 265 g/mol. The minimum absolute atomic E-state index is 0.694. The molecule has 0 aliphatic heterocycles. The Morgan fingerprint density at radius 2 is 1.55 bits per heavy atom. The fourth-order valence-electron chi connectivity index (χ4n) is 1.98. The van der Waals surface area contributed by atoms with Gasteiger partial charge in [0.2, 0.25) is 0 Å². The number of allylic oxidation sites excluding steroid dienone is 1. The smallest absolute Gasteiger partial charge is 0.123 e. The first-order chi connectivity index (χ1) is 9.78. The second-order valence-electron chi connectivity index (χ2n) is 4.15. The third-order valence-corrected chi connectivity index (χ3v) is 2.96. The molecule has 0 saturated heterocycles. The van der Waals surface area contributed by atoms with Gasteiger partial charge in [-0.1, -0.05) is 30.3 Å². The summed E-state index contributed by atoms with van der Waals surface area (Å²) in [6.07, 6.45) is 1.53. The van der Waals surface area contributed by atoms with Gasteiger partial charge in [-0.25, -0.2) is 0 Å². The lowest BCUT2D eigenvalue weighted by Gasteiger charge is -2.11. The van der Waals surface area contributed by atoms with Crippen molar-refractivity contribution in [3.8, 4) is 17.6 Å². The molecular formula is C17H15NO2. The van der Waals surface area contributed by atoms with Crippen LogP contribution in [0, 0.1) is 11.3 Å². The van der Waals surface area contributed by atoms with Crippen LogP contribution in [0.5, 0.6) is 11.5 Å². The molecule has 2 aromatic rings. The van der Waals surface area contributed by atoms with Gasteiger partial charge in [-0.3, -0.25) is 0 Å². The van der Waals surface area contributed by atoms with Crippen LogP contribution in [-0.4, -0.2) is 14.2 Å². The highest BCUT2D eigenvalue weighted by molar-refractivity contribution is 5.82. The third-order valence-electron chi connectivity index (χ3n) is 2.96. The summed E-state index contributed by atoms with van der Waals surface area (Å²) >= 11 is 0. The molecule has 0 spiro atoms. The molecule has 0 amide bonds. The zero-order valence-electron chi connectivity index (χ0n) is 11.5. The van der Waals surface area contributed by atoms with E-state index in [-0.39, 0.29) is 0 Å². The van der Waals surface area contributed by atoms with Gasteiger partial charge < -0.3 is 9.47 Å². The second-order valence-corrected chi connectivity index (χ2v) is 4.15. The fourth-order valence-corrected chi connectivity index (χ4v) is 1.98. The maximum atomic E-state index is 9.02. The molecule has 0 aromatic heterocycles. The van der Waals surface area contributed by atoms with Gasteiger partial charge in [0.05, 0.1) is 20.3 Å². The standard InChI is InChI=1S/C17H15NO2/c1-19-15-10-14(11-16(12-15)20-2)17(8-9-18)13-6-4-3-5-7-13/h3-8,10-12H,1-2H3/b17-8+. The van der Waals surface area contributed by atoms with Crippen LogP contribution < -0.4 is 9.47 Å². The van der Waals surface area contributed by atoms with Crippen molar-refractivity contribution in [2.24, 2.45) is 0 Å². The molecule has 20 heavy (non-hydrogen) atoms. The minimum atomic E-state index is 0.694. The van der Waals surface area contributed by atoms with Crippen LogP contribution in [0.15, 0.2) is 54.6 Å². The summed E-state index contributed by atoms with van der Waals surface area (Å²) in [6, 6.07) is 17.4. The van der Waals surface area contributed by atoms with Gasteiger partial charge in [-0.2, -0.15) is 5.26 Å². The van der Waals surface area contributed by atoms with E-state index in [4.69, 9.17) is 14.7 Å². The summed E-state index contributed by atoms with van der Waals surface area (Å²) in [5.41, 5.74) is 2.70. The van der Waals surface area contributed by atoms with Crippen molar-refractivity contribution in [2.45, 2.75) is 0 Å². The molecule has 2 rings (SSSR count). The quantitative estimate of drug-likeness (QED) is 0.792. The molecule has 0 saturated carbocycles. The number of ether oxygens (including phenoxy) is 2. The summed E-state index contributed by atoms with van der Waals surface area (Å²) in [7, 11) is 3.21. The first-order valence-corrected chi connectivity index (χ1v) is 6.17. The number of rotatable bonds is 4. The molecule has 2 aromatic carbocycles. The van der Waals surface area contributed by atoms with Gasteiger partial charge in [0.25, 0.3) is 0 Å². The highest BCUT2D eigenvalue weighted by atomic mass is 16.5. The summed E-state index contributed by atoms with van der Waals surface area (Å²) < 4.78 is 10.5. The summed E-state index contributed by atoms with van der Waals surface area (Å²) in [6.45, 7) is 0. The van der Waals surface area contributed by atoms with E-state index in [1.807, 2.05) is 42.5 Å². The SMILES string of the molecule is COc1cc(OC)cc(/C(=C/C#N)c2ccccc2)c1. The second kappa shape index (κ2) is 6.44. The van der Waals surface area contributed by atoms with E-state index in [2.05, 4.69) is 6.07 Å². The highest BCUT2D eigenvalue weighted by Crippen LogP contribution is 2.30. The molecule has 100 valence electrons. The van der Waals surface area contributed by atoms with Crippen molar-refractivity contribution < 1.29 is 9.47 Å². The minimum Gasteiger partial charge on any atom is -0.497 e. The van der Waals surface area contributed by atoms with Crippen LogP contribution in [0.2, 0.25) is 0 Å². The molecule has 0 N–H and O–H groups in total. The Balaban J connectivity index is 2.56. The molecule has 3 heteroatoms. The predicted molar refractivity (Wildman–Crippen MR) is 78.7 cm³/mol. The van der Waals surface area contributed by atoms with Crippen molar-refractivity contribution in [2.75, 3.05) is 14.2 Å². The van der Waals surface area contributed by atoms with Gasteiger partial charge in [0.15, 0.2) is 0 Å². The number of nitrogens with zero attached hydrogens (tertiary/aromatic N) is 1. The molecule has 0 heterocycles. The van der Waals surface area contributed by atoms with E-state index in [1.54, 1.807) is 20.3 Å². The zero-order valence-corrected chi connectivity index (χ0v) is 11.5. The molecule has 0 atom stereocenters. The van der Waals surface area contributed by atoms with Crippen molar-refractivity contribution in [1.29, 1.82) is 5.26 Å². The predicted octanol–water partition coefficient (Wildman–Crippen LogP) is 3.66. The maximum absolute atomic E-state index is 9.02. The monoisotopic (exact) mass is 265 g/mol. The van der Waals surface area contributed by atoms with Crippen molar-refractivity contribution in [3.63, 3.8) is 0 Å². The van der Waals surface area contributed by atoms with Gasteiger partial charge >= 0.3 is 0 Å². The van der Waals surface area contributed by atoms with E-state index in [0.29, 0.717) is 11.5 Å². The molecule has 0 radical (unpaired) electrons. The van der Waals surface area contributed by atoms with Crippen molar-refractivity contribution in [3.05, 3.63) is 65.7 Å². The van der Waals surface area contributed by atoms with Crippen LogP contribution in [0.1, 0.15) is 11.1 Å². The molecule has 3 nitrogen and oxygen atoms in total. The molecule has 0 aliphatic carbocycles. The number of benzene rings is 2. The molecule has 0 fully saturated rings. The van der Waals surface area contributed by atoms with E-state index < -0.39 is 0 Å². The number of methoxy groups -OCH3 is 2. The Kier molecular flexibility index (Phi) is 4.41. The number of nitriles is 1. The van der Waals surface area contributed by atoms with Crippen LogP contribution >= 0.6 is 0 Å². The Morgan fingerprint density at radius 1 is 0.950 bits per heavy atom. The van der Waals surface area contributed by atoms with Gasteiger partial charge in [0, 0.05) is 12.1 Å². The zero-order chi connectivity index (χ0) is 14.4. The van der Waals surface area contributed by atoms with Crippen LogP contribution in [-0.2, 0) is 0 Å². The molecule has 0 aliphatic rings. The Morgan fingerprint density at radius 3 is 2.05 bits per heavy atom. The largest absolute Gasteiger partial charge is 0.497 e. The first kappa shape index (κ1) is 13.7. The summed E-state index contributed by atoms with van der Waals surface area (Å²) in [4.78, 5) is 0. The number of hydrogen-bond acceptors (Lipinski definition) is 3. The Bertz CT molecular complexity index is 632. The van der Waals surface area contributed by atoms with E-state index in [0.717, 1.165) is 16.7 Å². The average Bonchev–Trinajstić information content (AvgIpc) is 2.52. The Hall–Kier alpha value is -2.73. The third kappa shape index (κ3) is 2.99. The van der Waals surface area contributed by atoms with Gasteiger partial charge in [0.1, 0.15) is 11.5 Å². The van der Waals surface area contributed by atoms with Crippen LogP contribution in [0.25, 0.3) is 5.57 Å². The van der Waals surface area contributed by atoms with Crippen molar-refractivity contribution in [1.82, 2.24) is 0 Å². The van der Waals surface area contributed by atoms with Gasteiger partial charge in [-0.15, -0.1) is 0 Å². The molecule has 0 unspecified atom stereocenters. The van der Waals surface area contributed by atoms with Gasteiger partial charge in [-0.05, 0) is 28.8 Å². The van der Waals surface area contributed by atoms with E-state index >= 15 is 0 Å².